The van der Waals surface area contributed by atoms with Crippen LogP contribution in [0.2, 0.25) is 0 Å². The highest BCUT2D eigenvalue weighted by atomic mass is 15.1. The predicted octanol–water partition coefficient (Wildman–Crippen LogP) is 4.91. The summed E-state index contributed by atoms with van der Waals surface area (Å²) in [5, 5.41) is 10.9. The van der Waals surface area contributed by atoms with Gasteiger partial charge in [0.05, 0.1) is 11.7 Å². The Bertz CT molecular complexity index is 981. The fourth-order valence-corrected chi connectivity index (χ4v) is 3.36. The lowest BCUT2D eigenvalue weighted by Crippen LogP contribution is -2.22. The number of aromatic amines is 1. The minimum absolute atomic E-state index is 0.341. The van der Waals surface area contributed by atoms with Crippen molar-refractivity contribution >= 4 is 21.7 Å². The van der Waals surface area contributed by atoms with Gasteiger partial charge in [-0.1, -0.05) is 54.6 Å². The van der Waals surface area contributed by atoms with Crippen LogP contribution in [0.4, 0.5) is 0 Å². The summed E-state index contributed by atoms with van der Waals surface area (Å²) >= 11 is 0. The Hall–Kier alpha value is -2.65. The van der Waals surface area contributed by atoms with Crippen molar-refractivity contribution in [1.82, 2.24) is 15.1 Å². The zero-order valence-electron chi connectivity index (χ0n) is 14.0. The topological polar surface area (TPSA) is 31.9 Å². The van der Waals surface area contributed by atoms with Gasteiger partial charge in [0.2, 0.25) is 0 Å². The number of aromatic nitrogens is 2. The summed E-state index contributed by atoms with van der Waals surface area (Å²) in [7, 11) is 2.18. The summed E-state index contributed by atoms with van der Waals surface area (Å²) < 4.78 is 0. The third-order valence-corrected chi connectivity index (χ3v) is 4.87. The molecule has 0 saturated heterocycles. The van der Waals surface area contributed by atoms with Gasteiger partial charge in [-0.3, -0.25) is 10.00 Å². The molecule has 0 aliphatic heterocycles. The molecule has 3 heteroatoms. The zero-order valence-corrected chi connectivity index (χ0v) is 14.0. The Balaban J connectivity index is 1.62. The van der Waals surface area contributed by atoms with Crippen LogP contribution in [0.1, 0.15) is 24.1 Å². The number of hydrogen-bond donors (Lipinski definition) is 1. The fraction of sp³-hybridized carbons (Fsp3) is 0.190. The van der Waals surface area contributed by atoms with E-state index >= 15 is 0 Å². The van der Waals surface area contributed by atoms with Crippen molar-refractivity contribution in [3.05, 3.63) is 78.0 Å². The average molecular weight is 315 g/mol. The lowest BCUT2D eigenvalue weighted by Gasteiger charge is -2.26. The molecule has 0 aliphatic carbocycles. The Morgan fingerprint density at radius 2 is 1.83 bits per heavy atom. The molecule has 3 aromatic carbocycles. The number of fused-ring (bicyclic) bond motifs is 2. The zero-order chi connectivity index (χ0) is 16.5. The number of nitrogens with zero attached hydrogens (tertiary/aromatic N) is 2. The summed E-state index contributed by atoms with van der Waals surface area (Å²) in [6.45, 7) is 3.18. The number of benzene rings is 3. The molecule has 0 spiro atoms. The molecule has 4 aromatic rings. The fourth-order valence-electron chi connectivity index (χ4n) is 3.36. The molecule has 0 amide bonds. The molecule has 1 N–H and O–H groups in total. The van der Waals surface area contributed by atoms with Crippen molar-refractivity contribution in [1.29, 1.82) is 0 Å². The number of H-pyrrole nitrogens is 1. The van der Waals surface area contributed by atoms with Crippen molar-refractivity contribution in [2.45, 2.75) is 19.5 Å². The third-order valence-electron chi connectivity index (χ3n) is 4.87. The van der Waals surface area contributed by atoms with E-state index in [2.05, 4.69) is 89.7 Å². The summed E-state index contributed by atoms with van der Waals surface area (Å²) in [5.41, 5.74) is 3.76. The first-order valence-electron chi connectivity index (χ1n) is 8.32. The van der Waals surface area contributed by atoms with Gasteiger partial charge >= 0.3 is 0 Å². The monoisotopic (exact) mass is 315 g/mol. The maximum absolute atomic E-state index is 4.10. The van der Waals surface area contributed by atoms with Gasteiger partial charge in [0.1, 0.15) is 0 Å². The first-order valence-corrected chi connectivity index (χ1v) is 8.32. The largest absolute Gasteiger partial charge is 0.295 e. The van der Waals surface area contributed by atoms with E-state index in [0.29, 0.717) is 6.04 Å². The number of hydrogen-bond acceptors (Lipinski definition) is 2. The highest BCUT2D eigenvalue weighted by molar-refractivity contribution is 5.86. The molecule has 3 nitrogen and oxygen atoms in total. The van der Waals surface area contributed by atoms with Crippen LogP contribution in [-0.2, 0) is 6.54 Å². The lowest BCUT2D eigenvalue weighted by atomic mass is 9.98. The average Bonchev–Trinajstić information content (AvgIpc) is 3.08. The molecule has 120 valence electrons. The van der Waals surface area contributed by atoms with Crippen LogP contribution in [0.25, 0.3) is 21.7 Å². The first kappa shape index (κ1) is 14.9. The smallest absolute Gasteiger partial charge is 0.0653 e. The molecular weight excluding hydrogens is 294 g/mol. The minimum Gasteiger partial charge on any atom is -0.295 e. The molecule has 0 unspecified atom stereocenters. The van der Waals surface area contributed by atoms with Crippen LogP contribution < -0.4 is 0 Å². The Morgan fingerprint density at radius 3 is 2.75 bits per heavy atom. The van der Waals surface area contributed by atoms with Crippen molar-refractivity contribution < 1.29 is 0 Å². The summed E-state index contributed by atoms with van der Waals surface area (Å²) in [6, 6.07) is 22.0. The van der Waals surface area contributed by atoms with E-state index in [0.717, 1.165) is 17.4 Å². The molecule has 24 heavy (non-hydrogen) atoms. The van der Waals surface area contributed by atoms with Gasteiger partial charge in [-0.05, 0) is 41.9 Å². The summed E-state index contributed by atoms with van der Waals surface area (Å²) in [5.74, 6) is 0. The van der Waals surface area contributed by atoms with Crippen LogP contribution in [0.3, 0.4) is 0 Å². The van der Waals surface area contributed by atoms with Crippen LogP contribution in [0.15, 0.2) is 66.9 Å². The van der Waals surface area contributed by atoms with Crippen molar-refractivity contribution in [3.63, 3.8) is 0 Å². The van der Waals surface area contributed by atoms with Crippen LogP contribution in [-0.4, -0.2) is 22.1 Å². The van der Waals surface area contributed by atoms with Crippen LogP contribution in [0, 0.1) is 0 Å². The van der Waals surface area contributed by atoms with Gasteiger partial charge in [-0.15, -0.1) is 0 Å². The molecule has 1 aromatic heterocycles. The second-order valence-corrected chi connectivity index (χ2v) is 6.45. The van der Waals surface area contributed by atoms with Crippen molar-refractivity contribution in [3.8, 4) is 0 Å². The SMILES string of the molecule is C[C@H](c1cccc2ccccc12)N(C)Cc1ccc2cn[nH]c2c1. The predicted molar refractivity (Wildman–Crippen MR) is 99.9 cm³/mol. The summed E-state index contributed by atoms with van der Waals surface area (Å²) in [4.78, 5) is 2.39. The van der Waals surface area contributed by atoms with E-state index < -0.39 is 0 Å². The third kappa shape index (κ3) is 2.68. The maximum Gasteiger partial charge on any atom is 0.0653 e. The lowest BCUT2D eigenvalue weighted by molar-refractivity contribution is 0.254. The molecule has 1 heterocycles. The van der Waals surface area contributed by atoms with Crippen LogP contribution >= 0.6 is 0 Å². The van der Waals surface area contributed by atoms with Crippen LogP contribution in [0.5, 0.6) is 0 Å². The molecule has 0 bridgehead atoms. The molecule has 1 atom stereocenters. The van der Waals surface area contributed by atoms with Crippen molar-refractivity contribution in [2.75, 3.05) is 7.05 Å². The van der Waals surface area contributed by atoms with E-state index in [-0.39, 0.29) is 0 Å². The van der Waals surface area contributed by atoms with E-state index in [1.807, 2.05) is 6.20 Å². The van der Waals surface area contributed by atoms with E-state index in [1.54, 1.807) is 0 Å². The Morgan fingerprint density at radius 1 is 1.00 bits per heavy atom. The van der Waals surface area contributed by atoms with Gasteiger partial charge in [0.25, 0.3) is 0 Å². The van der Waals surface area contributed by atoms with Gasteiger partial charge in [0.15, 0.2) is 0 Å². The molecule has 0 fully saturated rings. The number of nitrogens with one attached hydrogen (secondary N) is 1. The van der Waals surface area contributed by atoms with Gasteiger partial charge < -0.3 is 0 Å². The van der Waals surface area contributed by atoms with Gasteiger partial charge in [-0.2, -0.15) is 5.10 Å². The van der Waals surface area contributed by atoms with E-state index in [4.69, 9.17) is 0 Å². The summed E-state index contributed by atoms with van der Waals surface area (Å²) in [6.07, 6.45) is 1.86. The van der Waals surface area contributed by atoms with E-state index in [1.165, 1.54) is 21.9 Å². The molecule has 0 aliphatic rings. The molecule has 4 rings (SSSR count). The minimum atomic E-state index is 0.341. The maximum atomic E-state index is 4.10. The normalized spacial score (nSPS) is 13.0. The highest BCUT2D eigenvalue weighted by Gasteiger charge is 2.14. The standard InChI is InChI=1S/C21H21N3/c1-15(19-9-5-7-17-6-3-4-8-20(17)19)24(2)14-16-10-11-18-13-22-23-21(18)12-16/h3-13,15H,14H2,1-2H3,(H,22,23)/t15-/m1/s1. The molecule has 0 radical (unpaired) electrons. The molecular formula is C21H21N3. The Kier molecular flexibility index (Phi) is 3.79. The van der Waals surface area contributed by atoms with E-state index in [9.17, 15) is 0 Å². The Labute approximate surface area is 141 Å². The van der Waals surface area contributed by atoms with Gasteiger partial charge in [0, 0.05) is 18.0 Å². The molecule has 0 saturated carbocycles. The first-order chi connectivity index (χ1) is 11.7. The second-order valence-electron chi connectivity index (χ2n) is 6.45. The quantitative estimate of drug-likeness (QED) is 0.580. The number of rotatable bonds is 4. The van der Waals surface area contributed by atoms with Crippen molar-refractivity contribution in [2.24, 2.45) is 0 Å². The second kappa shape index (κ2) is 6.10. The van der Waals surface area contributed by atoms with Gasteiger partial charge in [-0.25, -0.2) is 0 Å². The highest BCUT2D eigenvalue weighted by Crippen LogP contribution is 2.28.